The lowest BCUT2D eigenvalue weighted by Gasteiger charge is -2.09. The lowest BCUT2D eigenvalue weighted by Crippen LogP contribution is -1.91. The topological polar surface area (TPSA) is 29.5 Å². The van der Waals surface area contributed by atoms with Gasteiger partial charge in [-0.15, -0.1) is 0 Å². The van der Waals surface area contributed by atoms with Crippen LogP contribution in [0.5, 0.6) is 11.5 Å². The van der Waals surface area contributed by atoms with Gasteiger partial charge in [-0.1, -0.05) is 18.2 Å². The van der Waals surface area contributed by atoms with Crippen molar-refractivity contribution >= 4 is 22.6 Å². The number of benzene rings is 2. The molecule has 2 aromatic rings. The third-order valence-corrected chi connectivity index (χ3v) is 3.44. The van der Waals surface area contributed by atoms with Crippen molar-refractivity contribution in [3.8, 4) is 11.5 Å². The summed E-state index contributed by atoms with van der Waals surface area (Å²) >= 11 is 2.24. The number of hydrogen-bond donors (Lipinski definition) is 1. The van der Waals surface area contributed by atoms with Gasteiger partial charge in [0, 0.05) is 0 Å². The first-order valence-electron chi connectivity index (χ1n) is 5.33. The fourth-order valence-electron chi connectivity index (χ4n) is 1.56. The van der Waals surface area contributed by atoms with Crippen molar-refractivity contribution in [2.45, 2.75) is 13.5 Å². The molecule has 3 heteroatoms. The fourth-order valence-corrected chi connectivity index (χ4v) is 2.06. The van der Waals surface area contributed by atoms with Gasteiger partial charge >= 0.3 is 0 Å². The second-order valence-electron chi connectivity index (χ2n) is 3.78. The molecule has 2 aromatic carbocycles. The van der Waals surface area contributed by atoms with E-state index in [9.17, 15) is 0 Å². The van der Waals surface area contributed by atoms with Gasteiger partial charge in [0.05, 0.1) is 10.2 Å². The molecule has 0 spiro atoms. The van der Waals surface area contributed by atoms with Crippen LogP contribution >= 0.6 is 22.6 Å². The van der Waals surface area contributed by atoms with E-state index in [2.05, 4.69) is 22.6 Å². The molecule has 17 heavy (non-hydrogen) atoms. The minimum atomic E-state index is 0.0645. The summed E-state index contributed by atoms with van der Waals surface area (Å²) in [4.78, 5) is 0. The van der Waals surface area contributed by atoms with E-state index in [-0.39, 0.29) is 6.61 Å². The van der Waals surface area contributed by atoms with Gasteiger partial charge in [-0.05, 0) is 64.9 Å². The number of ether oxygens (including phenoxy) is 1. The molecule has 0 aromatic heterocycles. The summed E-state index contributed by atoms with van der Waals surface area (Å²) in [7, 11) is 0. The first-order chi connectivity index (χ1) is 8.20. The van der Waals surface area contributed by atoms with E-state index in [0.29, 0.717) is 0 Å². The van der Waals surface area contributed by atoms with Crippen LogP contribution in [-0.2, 0) is 6.61 Å². The highest BCUT2D eigenvalue weighted by Gasteiger charge is 2.03. The van der Waals surface area contributed by atoms with Crippen LogP contribution < -0.4 is 4.74 Å². The van der Waals surface area contributed by atoms with Crippen molar-refractivity contribution in [1.29, 1.82) is 0 Å². The molecule has 0 aliphatic heterocycles. The molecular weight excluding hydrogens is 327 g/mol. The molecule has 0 saturated carbocycles. The largest absolute Gasteiger partial charge is 0.456 e. The molecule has 0 heterocycles. The Morgan fingerprint density at radius 2 is 1.94 bits per heavy atom. The van der Waals surface area contributed by atoms with Crippen molar-refractivity contribution < 1.29 is 9.84 Å². The van der Waals surface area contributed by atoms with Crippen LogP contribution in [0.15, 0.2) is 42.5 Å². The Hall–Kier alpha value is -1.07. The SMILES string of the molecule is Cc1cc(Oc2ccccc2I)ccc1CO. The molecule has 0 radical (unpaired) electrons. The van der Waals surface area contributed by atoms with Crippen LogP contribution in [0, 0.1) is 10.5 Å². The van der Waals surface area contributed by atoms with E-state index < -0.39 is 0 Å². The Morgan fingerprint density at radius 3 is 2.59 bits per heavy atom. The summed E-state index contributed by atoms with van der Waals surface area (Å²) in [5, 5.41) is 9.10. The highest BCUT2D eigenvalue weighted by molar-refractivity contribution is 14.1. The molecule has 1 N–H and O–H groups in total. The second-order valence-corrected chi connectivity index (χ2v) is 4.94. The van der Waals surface area contributed by atoms with Crippen molar-refractivity contribution in [1.82, 2.24) is 0 Å². The van der Waals surface area contributed by atoms with Crippen LogP contribution in [0.2, 0.25) is 0 Å². The maximum absolute atomic E-state index is 9.10. The Kier molecular flexibility index (Phi) is 4.02. The number of rotatable bonds is 3. The normalized spacial score (nSPS) is 10.3. The molecule has 0 aliphatic rings. The Morgan fingerprint density at radius 1 is 1.18 bits per heavy atom. The average molecular weight is 340 g/mol. The third-order valence-electron chi connectivity index (χ3n) is 2.55. The zero-order valence-corrected chi connectivity index (χ0v) is 11.6. The number of halogens is 1. The molecule has 0 unspecified atom stereocenters. The third kappa shape index (κ3) is 2.98. The molecule has 0 saturated heterocycles. The van der Waals surface area contributed by atoms with E-state index in [1.807, 2.05) is 49.4 Å². The monoisotopic (exact) mass is 340 g/mol. The zero-order chi connectivity index (χ0) is 12.3. The zero-order valence-electron chi connectivity index (χ0n) is 9.48. The van der Waals surface area contributed by atoms with Crippen molar-refractivity contribution in [3.63, 3.8) is 0 Å². The van der Waals surface area contributed by atoms with E-state index in [1.165, 1.54) is 0 Å². The number of aliphatic hydroxyl groups excluding tert-OH is 1. The minimum Gasteiger partial charge on any atom is -0.456 e. The fraction of sp³-hybridized carbons (Fsp3) is 0.143. The average Bonchev–Trinajstić information content (AvgIpc) is 2.32. The lowest BCUT2D eigenvalue weighted by atomic mass is 10.1. The van der Waals surface area contributed by atoms with Crippen LogP contribution in [0.25, 0.3) is 0 Å². The molecule has 0 aliphatic carbocycles. The van der Waals surface area contributed by atoms with Gasteiger partial charge in [-0.3, -0.25) is 0 Å². The van der Waals surface area contributed by atoms with Crippen molar-refractivity contribution in [2.75, 3.05) is 0 Å². The molecule has 0 bridgehead atoms. The molecule has 2 nitrogen and oxygen atoms in total. The molecule has 88 valence electrons. The standard InChI is InChI=1S/C14H13IO2/c1-10-8-12(7-6-11(10)9-16)17-14-5-3-2-4-13(14)15/h2-8,16H,9H2,1H3. The maximum atomic E-state index is 9.10. The summed E-state index contributed by atoms with van der Waals surface area (Å²) < 4.78 is 6.88. The van der Waals surface area contributed by atoms with Gasteiger partial charge in [0.25, 0.3) is 0 Å². The van der Waals surface area contributed by atoms with Crippen LogP contribution in [0.1, 0.15) is 11.1 Å². The molecule has 0 fully saturated rings. The highest BCUT2D eigenvalue weighted by atomic mass is 127. The highest BCUT2D eigenvalue weighted by Crippen LogP contribution is 2.27. The first-order valence-corrected chi connectivity index (χ1v) is 6.41. The summed E-state index contributed by atoms with van der Waals surface area (Å²) in [6.45, 7) is 2.03. The minimum absolute atomic E-state index is 0.0645. The van der Waals surface area contributed by atoms with E-state index in [4.69, 9.17) is 9.84 Å². The van der Waals surface area contributed by atoms with Crippen LogP contribution in [0.4, 0.5) is 0 Å². The Bertz CT molecular complexity index is 523. The van der Waals surface area contributed by atoms with Crippen molar-refractivity contribution in [2.24, 2.45) is 0 Å². The maximum Gasteiger partial charge on any atom is 0.140 e. The van der Waals surface area contributed by atoms with E-state index in [1.54, 1.807) is 0 Å². The lowest BCUT2D eigenvalue weighted by molar-refractivity contribution is 0.281. The van der Waals surface area contributed by atoms with Gasteiger partial charge in [-0.2, -0.15) is 0 Å². The van der Waals surface area contributed by atoms with Gasteiger partial charge in [0.15, 0.2) is 0 Å². The quantitative estimate of drug-likeness (QED) is 0.860. The summed E-state index contributed by atoms with van der Waals surface area (Å²) in [5.41, 5.74) is 1.97. The van der Waals surface area contributed by atoms with Crippen LogP contribution in [-0.4, -0.2) is 5.11 Å². The summed E-state index contributed by atoms with van der Waals surface area (Å²) in [6, 6.07) is 13.6. The smallest absolute Gasteiger partial charge is 0.140 e. The van der Waals surface area contributed by atoms with Gasteiger partial charge in [-0.25, -0.2) is 0 Å². The van der Waals surface area contributed by atoms with Gasteiger partial charge < -0.3 is 9.84 Å². The molecule has 2 rings (SSSR count). The van der Waals surface area contributed by atoms with Crippen molar-refractivity contribution in [3.05, 3.63) is 57.2 Å². The van der Waals surface area contributed by atoms with E-state index in [0.717, 1.165) is 26.2 Å². The second kappa shape index (κ2) is 5.51. The Labute approximate surface area is 114 Å². The van der Waals surface area contributed by atoms with Gasteiger partial charge in [0.2, 0.25) is 0 Å². The number of hydrogen-bond acceptors (Lipinski definition) is 2. The predicted molar refractivity (Wildman–Crippen MR) is 76.3 cm³/mol. The van der Waals surface area contributed by atoms with Crippen LogP contribution in [0.3, 0.4) is 0 Å². The molecular formula is C14H13IO2. The number of para-hydroxylation sites is 1. The summed E-state index contributed by atoms with van der Waals surface area (Å²) in [5.74, 6) is 1.65. The van der Waals surface area contributed by atoms with Gasteiger partial charge in [0.1, 0.15) is 11.5 Å². The Balaban J connectivity index is 2.25. The molecule has 0 amide bonds. The predicted octanol–water partition coefficient (Wildman–Crippen LogP) is 3.88. The number of aliphatic hydroxyl groups is 1. The number of aryl methyl sites for hydroxylation is 1. The molecule has 0 atom stereocenters. The van der Waals surface area contributed by atoms with E-state index >= 15 is 0 Å². The first kappa shape index (κ1) is 12.4. The summed E-state index contributed by atoms with van der Waals surface area (Å²) in [6.07, 6.45) is 0.